The summed E-state index contributed by atoms with van der Waals surface area (Å²) < 4.78 is 2.85. The molecule has 0 amide bonds. The van der Waals surface area contributed by atoms with Crippen LogP contribution < -0.4 is 5.73 Å². The first-order valence-electron chi connectivity index (χ1n) is 6.51. The van der Waals surface area contributed by atoms with Gasteiger partial charge in [0.25, 0.3) is 0 Å². The van der Waals surface area contributed by atoms with Crippen LogP contribution in [0.15, 0.2) is 12.1 Å². The van der Waals surface area contributed by atoms with Gasteiger partial charge in [-0.2, -0.15) is 5.10 Å². The van der Waals surface area contributed by atoms with Gasteiger partial charge in [0.15, 0.2) is 0 Å². The van der Waals surface area contributed by atoms with Crippen LogP contribution in [-0.2, 0) is 6.42 Å². The molecule has 104 valence electrons. The lowest BCUT2D eigenvalue weighted by atomic mass is 10.1. The molecule has 2 aromatic heterocycles. The van der Waals surface area contributed by atoms with Gasteiger partial charge in [-0.25, -0.2) is 0 Å². The maximum Gasteiger partial charge on any atom is 0.101 e. The second kappa shape index (κ2) is 5.65. The first-order valence-corrected chi connectivity index (χ1v) is 7.70. The molecule has 5 heteroatoms. The Hall–Kier alpha value is -0.840. The summed E-state index contributed by atoms with van der Waals surface area (Å²) >= 11 is 7.62. The lowest BCUT2D eigenvalue weighted by Crippen LogP contribution is -2.31. The number of nitrogens with two attached hydrogens (primary N) is 1. The molecule has 0 bridgehead atoms. The van der Waals surface area contributed by atoms with Crippen molar-refractivity contribution < 1.29 is 0 Å². The first-order chi connectivity index (χ1) is 8.95. The van der Waals surface area contributed by atoms with Crippen molar-refractivity contribution in [1.29, 1.82) is 0 Å². The predicted octanol–water partition coefficient (Wildman–Crippen LogP) is 3.71. The molecule has 2 aromatic rings. The fourth-order valence-corrected chi connectivity index (χ4v) is 3.83. The van der Waals surface area contributed by atoms with E-state index in [4.69, 9.17) is 17.3 Å². The number of hydrogen-bond donors (Lipinski definition) is 1. The van der Waals surface area contributed by atoms with Crippen molar-refractivity contribution in [3.8, 4) is 0 Å². The van der Waals surface area contributed by atoms with Gasteiger partial charge in [0.1, 0.15) is 6.04 Å². The molecule has 0 fully saturated rings. The molecule has 0 spiro atoms. The van der Waals surface area contributed by atoms with E-state index in [1.54, 1.807) is 11.3 Å². The zero-order chi connectivity index (χ0) is 14.2. The van der Waals surface area contributed by atoms with E-state index >= 15 is 0 Å². The van der Waals surface area contributed by atoms with E-state index in [1.807, 2.05) is 19.1 Å². The average Bonchev–Trinajstić information content (AvgIpc) is 2.85. The van der Waals surface area contributed by atoms with Crippen molar-refractivity contribution in [3.63, 3.8) is 0 Å². The van der Waals surface area contributed by atoms with Crippen LogP contribution in [0.5, 0.6) is 0 Å². The van der Waals surface area contributed by atoms with Gasteiger partial charge in [-0.3, -0.25) is 4.68 Å². The monoisotopic (exact) mass is 297 g/mol. The van der Waals surface area contributed by atoms with E-state index in [0.29, 0.717) is 0 Å². The Kier molecular flexibility index (Phi) is 4.33. The van der Waals surface area contributed by atoms with Crippen LogP contribution >= 0.6 is 22.9 Å². The minimum Gasteiger partial charge on any atom is -0.326 e. The summed E-state index contributed by atoms with van der Waals surface area (Å²) in [5.41, 5.74) is 9.79. The third kappa shape index (κ3) is 2.71. The van der Waals surface area contributed by atoms with Gasteiger partial charge in [-0.15, -0.1) is 11.3 Å². The third-order valence-electron chi connectivity index (χ3n) is 3.48. The zero-order valence-corrected chi connectivity index (χ0v) is 13.3. The van der Waals surface area contributed by atoms with Crippen LogP contribution in [0.25, 0.3) is 0 Å². The van der Waals surface area contributed by atoms with Crippen molar-refractivity contribution in [2.45, 2.75) is 46.2 Å². The fraction of sp³-hybridized carbons (Fsp3) is 0.500. The third-order valence-corrected chi connectivity index (χ3v) is 4.78. The molecule has 0 aliphatic heterocycles. The maximum atomic E-state index is 6.18. The van der Waals surface area contributed by atoms with Crippen LogP contribution in [0.3, 0.4) is 0 Å². The van der Waals surface area contributed by atoms with Gasteiger partial charge in [0.2, 0.25) is 0 Å². The highest BCUT2D eigenvalue weighted by Gasteiger charge is 2.24. The first kappa shape index (κ1) is 14.6. The second-order valence-corrected chi connectivity index (χ2v) is 6.64. The highest BCUT2D eigenvalue weighted by atomic mass is 35.5. The Balaban J connectivity index is 2.51. The number of aryl methyl sites for hydroxylation is 1. The molecule has 3 nitrogen and oxygen atoms in total. The normalized spacial score (nSPS) is 14.6. The van der Waals surface area contributed by atoms with Gasteiger partial charge in [-0.05, 0) is 44.9 Å². The van der Waals surface area contributed by atoms with E-state index in [2.05, 4.69) is 30.6 Å². The number of aromatic nitrogens is 2. The van der Waals surface area contributed by atoms with Gasteiger partial charge in [0.05, 0.1) is 10.0 Å². The molecule has 2 heterocycles. The molecule has 0 aromatic carbocycles. The number of halogens is 1. The standard InChI is InChI=1S/C14H20ClN3S/c1-5-11-9(3)17-18(10(11)4)14(8(2)16)12-6-7-13(15)19-12/h6-8,14H,5,16H2,1-4H3. The van der Waals surface area contributed by atoms with Crippen molar-refractivity contribution >= 4 is 22.9 Å². The molecule has 0 saturated carbocycles. The molecular weight excluding hydrogens is 278 g/mol. The van der Waals surface area contributed by atoms with Gasteiger partial charge in [0, 0.05) is 16.6 Å². The maximum absolute atomic E-state index is 6.18. The Morgan fingerprint density at radius 2 is 2.11 bits per heavy atom. The summed E-state index contributed by atoms with van der Waals surface area (Å²) in [6, 6.07) is 4.00. The minimum atomic E-state index is -0.0163. The van der Waals surface area contributed by atoms with Crippen molar-refractivity contribution in [1.82, 2.24) is 9.78 Å². The summed E-state index contributed by atoms with van der Waals surface area (Å²) in [5, 5.41) is 4.69. The minimum absolute atomic E-state index is 0.0163. The predicted molar refractivity (Wildman–Crippen MR) is 82.2 cm³/mol. The molecule has 0 radical (unpaired) electrons. The van der Waals surface area contributed by atoms with Crippen molar-refractivity contribution in [2.75, 3.05) is 0 Å². The highest BCUT2D eigenvalue weighted by molar-refractivity contribution is 7.16. The van der Waals surface area contributed by atoms with Crippen LogP contribution in [0.2, 0.25) is 4.34 Å². The molecular formula is C14H20ClN3S. The molecule has 2 N–H and O–H groups in total. The van der Waals surface area contributed by atoms with Crippen LogP contribution in [0, 0.1) is 13.8 Å². The number of rotatable bonds is 4. The molecule has 2 unspecified atom stereocenters. The summed E-state index contributed by atoms with van der Waals surface area (Å²) in [6.45, 7) is 8.34. The molecule has 0 saturated heterocycles. The van der Waals surface area contributed by atoms with Crippen molar-refractivity contribution in [2.24, 2.45) is 5.73 Å². The fourth-order valence-electron chi connectivity index (χ4n) is 2.57. The summed E-state index contributed by atoms with van der Waals surface area (Å²) in [6.07, 6.45) is 0.995. The van der Waals surface area contributed by atoms with E-state index in [-0.39, 0.29) is 12.1 Å². The summed E-state index contributed by atoms with van der Waals surface area (Å²) in [7, 11) is 0. The number of hydrogen-bond acceptors (Lipinski definition) is 3. The van der Waals surface area contributed by atoms with Crippen molar-refractivity contribution in [3.05, 3.63) is 38.3 Å². The molecule has 0 aliphatic rings. The number of thiophene rings is 1. The van der Waals surface area contributed by atoms with Gasteiger partial charge < -0.3 is 5.73 Å². The summed E-state index contributed by atoms with van der Waals surface area (Å²) in [5.74, 6) is 0. The molecule has 2 rings (SSSR count). The Labute approximate surface area is 123 Å². The Morgan fingerprint density at radius 3 is 2.53 bits per heavy atom. The Morgan fingerprint density at radius 1 is 1.42 bits per heavy atom. The van der Waals surface area contributed by atoms with Gasteiger partial charge in [-0.1, -0.05) is 18.5 Å². The van der Waals surface area contributed by atoms with E-state index in [1.165, 1.54) is 11.3 Å². The number of nitrogens with zero attached hydrogens (tertiary/aromatic N) is 2. The van der Waals surface area contributed by atoms with Crippen LogP contribution in [0.4, 0.5) is 0 Å². The lowest BCUT2D eigenvalue weighted by molar-refractivity contribution is 0.449. The molecule has 0 aliphatic carbocycles. The zero-order valence-electron chi connectivity index (χ0n) is 11.8. The van der Waals surface area contributed by atoms with E-state index in [9.17, 15) is 0 Å². The van der Waals surface area contributed by atoms with Crippen LogP contribution in [-0.4, -0.2) is 15.8 Å². The van der Waals surface area contributed by atoms with E-state index in [0.717, 1.165) is 21.3 Å². The quantitative estimate of drug-likeness (QED) is 0.935. The SMILES string of the molecule is CCc1c(C)nn(C(c2ccc(Cl)s2)C(C)N)c1C. The molecule has 19 heavy (non-hydrogen) atoms. The highest BCUT2D eigenvalue weighted by Crippen LogP contribution is 2.32. The largest absolute Gasteiger partial charge is 0.326 e. The van der Waals surface area contributed by atoms with E-state index < -0.39 is 0 Å². The lowest BCUT2D eigenvalue weighted by Gasteiger charge is -2.22. The average molecular weight is 298 g/mol. The van der Waals surface area contributed by atoms with Gasteiger partial charge >= 0.3 is 0 Å². The Bertz CT molecular complexity index is 571. The summed E-state index contributed by atoms with van der Waals surface area (Å²) in [4.78, 5) is 1.16. The topological polar surface area (TPSA) is 43.8 Å². The smallest absolute Gasteiger partial charge is 0.101 e. The van der Waals surface area contributed by atoms with Crippen LogP contribution in [0.1, 0.15) is 41.7 Å². The molecule has 2 atom stereocenters. The second-order valence-electron chi connectivity index (χ2n) is 4.89.